The molecule has 1 aliphatic rings. The molecule has 5 nitrogen and oxygen atoms in total. The van der Waals surface area contributed by atoms with Gasteiger partial charge in [-0.05, 0) is 6.07 Å². The molecule has 0 atom stereocenters. The minimum atomic E-state index is -0.144. The largest absolute Gasteiger partial charge is 0.291 e. The molecule has 0 spiro atoms. The Labute approximate surface area is 90.4 Å². The summed E-state index contributed by atoms with van der Waals surface area (Å²) in [4.78, 5) is 26.8. The highest BCUT2D eigenvalue weighted by Crippen LogP contribution is 2.11. The summed E-state index contributed by atoms with van der Waals surface area (Å²) in [5.41, 5.74) is 1.12. The summed E-state index contributed by atoms with van der Waals surface area (Å²) in [7, 11) is 0. The van der Waals surface area contributed by atoms with Crippen LogP contribution in [0.15, 0.2) is 27.9 Å². The fourth-order valence-corrected chi connectivity index (χ4v) is 1.87. The predicted molar refractivity (Wildman–Crippen MR) is 57.5 cm³/mol. The van der Waals surface area contributed by atoms with E-state index >= 15 is 0 Å². The molecule has 0 amide bonds. The molecule has 3 rings (SSSR count). The molecule has 0 bridgehead atoms. The van der Waals surface area contributed by atoms with Gasteiger partial charge in [-0.3, -0.25) is 18.7 Å². The van der Waals surface area contributed by atoms with Crippen molar-refractivity contribution in [2.45, 2.75) is 13.1 Å². The SMILES string of the molecule is Cl.O=c1ccc2ncc(=O)n3c2n1CC3. The van der Waals surface area contributed by atoms with E-state index < -0.39 is 0 Å². The maximum atomic E-state index is 11.4. The molecule has 0 saturated heterocycles. The molecule has 0 aromatic carbocycles. The van der Waals surface area contributed by atoms with Crippen LogP contribution in [0.25, 0.3) is 11.2 Å². The topological polar surface area (TPSA) is 56.9 Å². The number of halogens is 1. The molecule has 1 aliphatic heterocycles. The third-order valence-electron chi connectivity index (χ3n) is 2.52. The Hall–Kier alpha value is -1.62. The number of rotatable bonds is 0. The van der Waals surface area contributed by atoms with Crippen molar-refractivity contribution in [3.63, 3.8) is 0 Å². The molecule has 0 N–H and O–H groups in total. The van der Waals surface area contributed by atoms with Crippen molar-refractivity contribution >= 4 is 23.6 Å². The molecule has 0 fully saturated rings. The molecule has 0 aliphatic carbocycles. The van der Waals surface area contributed by atoms with Crippen molar-refractivity contribution in [1.29, 1.82) is 0 Å². The molecule has 15 heavy (non-hydrogen) atoms. The normalized spacial score (nSPS) is 12.8. The van der Waals surface area contributed by atoms with E-state index in [1.54, 1.807) is 15.2 Å². The first-order chi connectivity index (χ1) is 6.77. The van der Waals surface area contributed by atoms with Crippen LogP contribution >= 0.6 is 12.4 Å². The van der Waals surface area contributed by atoms with Gasteiger partial charge in [-0.15, -0.1) is 12.4 Å². The zero-order valence-corrected chi connectivity index (χ0v) is 8.53. The molecule has 0 unspecified atom stereocenters. The third-order valence-corrected chi connectivity index (χ3v) is 2.52. The Balaban J connectivity index is 0.000000853. The molecule has 6 heteroatoms. The van der Waals surface area contributed by atoms with Gasteiger partial charge in [0, 0.05) is 19.2 Å². The van der Waals surface area contributed by atoms with Crippen LogP contribution < -0.4 is 11.1 Å². The van der Waals surface area contributed by atoms with Gasteiger partial charge in [0.2, 0.25) is 0 Å². The van der Waals surface area contributed by atoms with Gasteiger partial charge in [-0.25, -0.2) is 4.98 Å². The molecule has 0 radical (unpaired) electrons. The van der Waals surface area contributed by atoms with E-state index in [1.807, 2.05) is 0 Å². The van der Waals surface area contributed by atoms with E-state index in [0.717, 1.165) is 0 Å². The average molecular weight is 226 g/mol. The fraction of sp³-hybridized carbons (Fsp3) is 0.222. The first-order valence-corrected chi connectivity index (χ1v) is 4.37. The second-order valence-corrected chi connectivity index (χ2v) is 3.28. The van der Waals surface area contributed by atoms with Crippen molar-refractivity contribution in [3.8, 4) is 0 Å². The van der Waals surface area contributed by atoms with Gasteiger partial charge in [0.25, 0.3) is 11.1 Å². The standard InChI is InChI=1S/C9H7N3O2.ClH/c13-7-2-1-6-9-11(7)3-4-12(9)8(14)5-10-6;/h1-2,5H,3-4H2;1H. The first kappa shape index (κ1) is 9.92. The minimum Gasteiger partial charge on any atom is -0.291 e. The number of aryl methyl sites for hydroxylation is 2. The Morgan fingerprint density at radius 3 is 2.47 bits per heavy atom. The van der Waals surface area contributed by atoms with E-state index in [0.29, 0.717) is 24.3 Å². The average Bonchev–Trinajstić information content (AvgIpc) is 2.62. The van der Waals surface area contributed by atoms with Gasteiger partial charge in [0.15, 0.2) is 0 Å². The number of pyridine rings is 1. The number of hydrogen-bond donors (Lipinski definition) is 0. The lowest BCUT2D eigenvalue weighted by molar-refractivity contribution is 0.660. The summed E-state index contributed by atoms with van der Waals surface area (Å²) in [6.07, 6.45) is 1.29. The third kappa shape index (κ3) is 1.20. The van der Waals surface area contributed by atoms with Crippen LogP contribution in [-0.4, -0.2) is 14.1 Å². The quantitative estimate of drug-likeness (QED) is 0.634. The summed E-state index contributed by atoms with van der Waals surface area (Å²) in [5.74, 6) is 0. The van der Waals surface area contributed by atoms with Crippen molar-refractivity contribution in [2.75, 3.05) is 0 Å². The van der Waals surface area contributed by atoms with E-state index in [9.17, 15) is 9.59 Å². The number of aromatic nitrogens is 3. The second-order valence-electron chi connectivity index (χ2n) is 3.28. The molecule has 3 heterocycles. The number of hydrogen-bond acceptors (Lipinski definition) is 3. The van der Waals surface area contributed by atoms with E-state index in [1.165, 1.54) is 12.3 Å². The maximum Gasteiger partial charge on any atom is 0.270 e. The number of nitrogens with zero attached hydrogens (tertiary/aromatic N) is 3. The van der Waals surface area contributed by atoms with Crippen LogP contribution in [0.2, 0.25) is 0 Å². The van der Waals surface area contributed by atoms with Crippen LogP contribution in [0.4, 0.5) is 0 Å². The van der Waals surface area contributed by atoms with E-state index in [4.69, 9.17) is 0 Å². The fourth-order valence-electron chi connectivity index (χ4n) is 1.87. The van der Waals surface area contributed by atoms with Crippen molar-refractivity contribution in [3.05, 3.63) is 39.0 Å². The Bertz CT molecular complexity index is 591. The molecule has 0 saturated carbocycles. The molecule has 2 aromatic heterocycles. The lowest BCUT2D eigenvalue weighted by Crippen LogP contribution is -2.19. The Kier molecular flexibility index (Phi) is 2.12. The van der Waals surface area contributed by atoms with Gasteiger partial charge < -0.3 is 0 Å². The van der Waals surface area contributed by atoms with Crippen LogP contribution in [0.5, 0.6) is 0 Å². The Morgan fingerprint density at radius 2 is 1.73 bits per heavy atom. The van der Waals surface area contributed by atoms with Crippen LogP contribution in [0.3, 0.4) is 0 Å². The lowest BCUT2D eigenvalue weighted by Gasteiger charge is -2.01. The summed E-state index contributed by atoms with van der Waals surface area (Å²) in [5, 5.41) is 0. The second kappa shape index (κ2) is 3.20. The highest BCUT2D eigenvalue weighted by Gasteiger charge is 2.15. The zero-order valence-electron chi connectivity index (χ0n) is 7.71. The van der Waals surface area contributed by atoms with Gasteiger partial charge in [0.1, 0.15) is 11.2 Å². The molecule has 78 valence electrons. The van der Waals surface area contributed by atoms with Gasteiger partial charge in [-0.2, -0.15) is 0 Å². The van der Waals surface area contributed by atoms with Gasteiger partial charge in [-0.1, -0.05) is 0 Å². The van der Waals surface area contributed by atoms with E-state index in [-0.39, 0.29) is 23.5 Å². The summed E-state index contributed by atoms with van der Waals surface area (Å²) in [6.45, 7) is 1.13. The van der Waals surface area contributed by atoms with Crippen LogP contribution in [-0.2, 0) is 13.1 Å². The van der Waals surface area contributed by atoms with Crippen molar-refractivity contribution in [2.24, 2.45) is 0 Å². The highest BCUT2D eigenvalue weighted by atomic mass is 35.5. The minimum absolute atomic E-state index is 0. The van der Waals surface area contributed by atoms with Crippen molar-refractivity contribution in [1.82, 2.24) is 14.1 Å². The molecular formula is C9H8ClN3O2. The smallest absolute Gasteiger partial charge is 0.270 e. The van der Waals surface area contributed by atoms with Crippen LogP contribution in [0, 0.1) is 0 Å². The summed E-state index contributed by atoms with van der Waals surface area (Å²) in [6, 6.07) is 3.13. The predicted octanol–water partition coefficient (Wildman–Crippen LogP) is -0.00640. The zero-order chi connectivity index (χ0) is 9.71. The lowest BCUT2D eigenvalue weighted by atomic mass is 10.4. The molecular weight excluding hydrogens is 218 g/mol. The van der Waals surface area contributed by atoms with Crippen LogP contribution in [0.1, 0.15) is 0 Å². The maximum absolute atomic E-state index is 11.4. The Morgan fingerprint density at radius 1 is 1.07 bits per heavy atom. The first-order valence-electron chi connectivity index (χ1n) is 4.37. The van der Waals surface area contributed by atoms with Gasteiger partial charge in [0.05, 0.1) is 6.20 Å². The summed E-state index contributed by atoms with van der Waals surface area (Å²) >= 11 is 0. The summed E-state index contributed by atoms with van der Waals surface area (Å²) < 4.78 is 3.17. The van der Waals surface area contributed by atoms with Crippen molar-refractivity contribution < 1.29 is 0 Å². The highest BCUT2D eigenvalue weighted by molar-refractivity contribution is 5.85. The van der Waals surface area contributed by atoms with Gasteiger partial charge >= 0.3 is 0 Å². The van der Waals surface area contributed by atoms with E-state index in [2.05, 4.69) is 4.98 Å². The molecule has 2 aromatic rings. The monoisotopic (exact) mass is 225 g/mol.